The van der Waals surface area contributed by atoms with Gasteiger partial charge in [0.15, 0.2) is 0 Å². The fourth-order valence-corrected chi connectivity index (χ4v) is 4.53. The first-order valence-corrected chi connectivity index (χ1v) is 12.2. The lowest BCUT2D eigenvalue weighted by atomic mass is 10.0. The van der Waals surface area contributed by atoms with Crippen molar-refractivity contribution in [3.8, 4) is 5.75 Å². The Morgan fingerprint density at radius 2 is 1.95 bits per heavy atom. The van der Waals surface area contributed by atoms with Gasteiger partial charge in [-0.3, -0.25) is 9.59 Å². The lowest BCUT2D eigenvalue weighted by molar-refractivity contribution is 0.0999. The van der Waals surface area contributed by atoms with E-state index in [9.17, 15) is 9.59 Å². The maximum atomic E-state index is 11.9. The monoisotopic (exact) mass is 502 g/mol. The normalized spacial score (nSPS) is 13.9. The van der Waals surface area contributed by atoms with E-state index in [2.05, 4.69) is 20.6 Å². The summed E-state index contributed by atoms with van der Waals surface area (Å²) in [6, 6.07) is 8.74. The first-order chi connectivity index (χ1) is 18.0. The molecule has 0 atom stereocenters. The summed E-state index contributed by atoms with van der Waals surface area (Å²) in [5, 5.41) is 6.36. The fourth-order valence-electron chi connectivity index (χ4n) is 4.53. The summed E-state index contributed by atoms with van der Waals surface area (Å²) < 4.78 is 10.00. The Morgan fingerprint density at radius 3 is 2.62 bits per heavy atom. The van der Waals surface area contributed by atoms with Crippen LogP contribution in [0.2, 0.25) is 0 Å². The number of carbonyl (C=O) groups excluding carboxylic acids is 2. The molecule has 11 nitrogen and oxygen atoms in total. The number of anilines is 2. The SMILES string of the molecule is CNc1nc2cc(C=O)ccc2n1C/C=C/Cn1c(N)nc2cc(C(N)=O)cc(OCCC3CNC3)c21. The number of imidazole rings is 2. The molecule has 1 aliphatic heterocycles. The van der Waals surface area contributed by atoms with Gasteiger partial charge < -0.3 is 36.0 Å². The van der Waals surface area contributed by atoms with Gasteiger partial charge in [0.05, 0.1) is 23.2 Å². The van der Waals surface area contributed by atoms with Gasteiger partial charge in [0.25, 0.3) is 0 Å². The van der Waals surface area contributed by atoms with Crippen molar-refractivity contribution < 1.29 is 14.3 Å². The van der Waals surface area contributed by atoms with E-state index in [1.165, 1.54) is 0 Å². The maximum Gasteiger partial charge on any atom is 0.248 e. The summed E-state index contributed by atoms with van der Waals surface area (Å²) >= 11 is 0. The molecule has 0 saturated carbocycles. The number of hydrogen-bond acceptors (Lipinski definition) is 8. The first kappa shape index (κ1) is 24.3. The molecular formula is C26H30N8O3. The van der Waals surface area contributed by atoms with Crippen LogP contribution >= 0.6 is 0 Å². The van der Waals surface area contributed by atoms with Crippen molar-refractivity contribution in [2.24, 2.45) is 11.7 Å². The molecule has 11 heteroatoms. The number of nitrogens with two attached hydrogens (primary N) is 2. The molecule has 37 heavy (non-hydrogen) atoms. The Balaban J connectivity index is 1.39. The largest absolute Gasteiger partial charge is 0.491 e. The molecule has 5 rings (SSSR count). The molecule has 0 spiro atoms. The van der Waals surface area contributed by atoms with Gasteiger partial charge in [-0.15, -0.1) is 0 Å². The summed E-state index contributed by atoms with van der Waals surface area (Å²) in [5.41, 5.74) is 15.7. The van der Waals surface area contributed by atoms with Crippen LogP contribution in [-0.2, 0) is 13.1 Å². The third kappa shape index (κ3) is 4.85. The summed E-state index contributed by atoms with van der Waals surface area (Å²) in [5.74, 6) is 1.61. The van der Waals surface area contributed by atoms with Crippen molar-refractivity contribution in [3.05, 3.63) is 53.6 Å². The number of allylic oxidation sites excluding steroid dienone is 2. The van der Waals surface area contributed by atoms with Crippen LogP contribution in [0.15, 0.2) is 42.5 Å². The minimum atomic E-state index is -0.545. The van der Waals surface area contributed by atoms with E-state index in [0.717, 1.165) is 42.3 Å². The van der Waals surface area contributed by atoms with E-state index in [4.69, 9.17) is 16.2 Å². The second kappa shape index (κ2) is 10.3. The van der Waals surface area contributed by atoms with Crippen molar-refractivity contribution in [3.63, 3.8) is 0 Å². The van der Waals surface area contributed by atoms with Gasteiger partial charge >= 0.3 is 0 Å². The fraction of sp³-hybridized carbons (Fsp3) is 0.308. The van der Waals surface area contributed by atoms with E-state index in [0.29, 0.717) is 59.9 Å². The van der Waals surface area contributed by atoms with E-state index in [-0.39, 0.29) is 0 Å². The molecule has 0 radical (unpaired) electrons. The number of nitrogens with zero attached hydrogens (tertiary/aromatic N) is 4. The highest BCUT2D eigenvalue weighted by Crippen LogP contribution is 2.30. The van der Waals surface area contributed by atoms with Crippen LogP contribution in [0, 0.1) is 5.92 Å². The predicted molar refractivity (Wildman–Crippen MR) is 143 cm³/mol. The Kier molecular flexibility index (Phi) is 6.78. The number of benzene rings is 2. The number of nitrogen functional groups attached to an aromatic ring is 1. The van der Waals surface area contributed by atoms with Gasteiger partial charge in [-0.1, -0.05) is 12.2 Å². The molecule has 1 amide bonds. The molecule has 3 heterocycles. The second-order valence-electron chi connectivity index (χ2n) is 9.08. The van der Waals surface area contributed by atoms with Crippen molar-refractivity contribution in [2.45, 2.75) is 19.5 Å². The lowest BCUT2D eigenvalue weighted by Gasteiger charge is -2.26. The number of nitrogens with one attached hydrogen (secondary N) is 2. The summed E-state index contributed by atoms with van der Waals surface area (Å²) in [4.78, 5) is 32.0. The predicted octanol–water partition coefficient (Wildman–Crippen LogP) is 2.17. The van der Waals surface area contributed by atoms with Gasteiger partial charge in [-0.25, -0.2) is 9.97 Å². The third-order valence-electron chi connectivity index (χ3n) is 6.65. The summed E-state index contributed by atoms with van der Waals surface area (Å²) in [7, 11) is 1.81. The standard InChI is InChI=1S/C26H30N8O3/c1-29-26-32-19-10-16(15-35)4-5-21(19)33(26)7-2-3-8-34-23-20(31-25(34)28)11-18(24(27)36)12-22(23)37-9-6-17-13-30-14-17/h2-5,10-12,15,17,30H,6-9,13-14H2,1H3,(H2,27,36)(H2,28,31)(H,29,32)/b3-2+. The van der Waals surface area contributed by atoms with Crippen LogP contribution in [0.25, 0.3) is 22.1 Å². The van der Waals surface area contributed by atoms with Gasteiger partial charge in [-0.2, -0.15) is 0 Å². The number of fused-ring (bicyclic) bond motifs is 2. The van der Waals surface area contributed by atoms with E-state index >= 15 is 0 Å². The second-order valence-corrected chi connectivity index (χ2v) is 9.08. The Labute approximate surface area is 213 Å². The van der Waals surface area contributed by atoms with Crippen molar-refractivity contribution in [1.29, 1.82) is 0 Å². The Bertz CT molecular complexity index is 1500. The average molecular weight is 503 g/mol. The number of primary amides is 1. The smallest absolute Gasteiger partial charge is 0.248 e. The minimum absolute atomic E-state index is 0.319. The zero-order valence-electron chi connectivity index (χ0n) is 20.6. The quantitative estimate of drug-likeness (QED) is 0.180. The number of carbonyl (C=O) groups is 2. The summed E-state index contributed by atoms with van der Waals surface area (Å²) in [6.07, 6.45) is 5.74. The molecular weight excluding hydrogens is 472 g/mol. The topological polar surface area (TPSA) is 155 Å². The molecule has 0 aliphatic carbocycles. The highest BCUT2D eigenvalue weighted by Gasteiger charge is 2.19. The molecule has 6 N–H and O–H groups in total. The minimum Gasteiger partial charge on any atom is -0.491 e. The number of aldehydes is 1. The van der Waals surface area contributed by atoms with Crippen molar-refractivity contribution in [2.75, 3.05) is 37.8 Å². The molecule has 0 bridgehead atoms. The van der Waals surface area contributed by atoms with Gasteiger partial charge in [0.1, 0.15) is 17.6 Å². The zero-order valence-corrected chi connectivity index (χ0v) is 20.6. The molecule has 1 aliphatic rings. The van der Waals surface area contributed by atoms with Crippen molar-refractivity contribution >= 4 is 46.2 Å². The third-order valence-corrected chi connectivity index (χ3v) is 6.65. The highest BCUT2D eigenvalue weighted by molar-refractivity contribution is 5.98. The van der Waals surface area contributed by atoms with Crippen LogP contribution in [0.4, 0.5) is 11.9 Å². The highest BCUT2D eigenvalue weighted by atomic mass is 16.5. The maximum absolute atomic E-state index is 11.9. The molecule has 2 aromatic carbocycles. The lowest BCUT2D eigenvalue weighted by Crippen LogP contribution is -2.42. The van der Waals surface area contributed by atoms with Crippen LogP contribution in [-0.4, -0.2) is 58.0 Å². The zero-order chi connectivity index (χ0) is 25.9. The average Bonchev–Trinajstić information content (AvgIpc) is 3.38. The molecule has 1 fully saturated rings. The first-order valence-electron chi connectivity index (χ1n) is 12.2. The van der Waals surface area contributed by atoms with E-state index in [1.807, 2.05) is 34.4 Å². The van der Waals surface area contributed by atoms with Gasteiger partial charge in [0.2, 0.25) is 17.8 Å². The number of rotatable bonds is 11. The van der Waals surface area contributed by atoms with Crippen LogP contribution in [0.1, 0.15) is 27.1 Å². The van der Waals surface area contributed by atoms with E-state index in [1.54, 1.807) is 24.3 Å². The van der Waals surface area contributed by atoms with Crippen LogP contribution < -0.4 is 26.8 Å². The van der Waals surface area contributed by atoms with Gasteiger partial charge in [-0.05, 0) is 55.8 Å². The number of hydrogen-bond donors (Lipinski definition) is 4. The molecule has 192 valence electrons. The number of ether oxygens (including phenoxy) is 1. The van der Waals surface area contributed by atoms with Crippen LogP contribution in [0.3, 0.4) is 0 Å². The Hall–Kier alpha value is -4.38. The molecule has 0 unspecified atom stereocenters. The van der Waals surface area contributed by atoms with Crippen molar-refractivity contribution in [1.82, 2.24) is 24.4 Å². The Morgan fingerprint density at radius 1 is 1.16 bits per heavy atom. The number of amides is 1. The molecule has 1 saturated heterocycles. The molecule has 2 aromatic heterocycles. The van der Waals surface area contributed by atoms with E-state index < -0.39 is 5.91 Å². The van der Waals surface area contributed by atoms with Gasteiger partial charge in [0, 0.05) is 31.3 Å². The molecule has 4 aromatic rings. The van der Waals surface area contributed by atoms with Crippen LogP contribution in [0.5, 0.6) is 5.75 Å². The summed E-state index contributed by atoms with van der Waals surface area (Å²) in [6.45, 7) is 3.53. The number of aromatic nitrogens is 4.